The van der Waals surface area contributed by atoms with Crippen molar-refractivity contribution in [1.29, 1.82) is 0 Å². The standard InChI is InChI=1S/C26H28F3N5O2/c1-33(2)18-10-8-17(9-11-18)20(21-16-31-22-7-5-4-6-19(21)22)15-32-23(35)14-25(36,26(27,28)29)24-30-12-13-34(24)3/h4-13,16,20,31,36H,14-15H2,1-3H3,(H,32,35). The Morgan fingerprint density at radius 2 is 1.86 bits per heavy atom. The number of aromatic amines is 1. The average Bonchev–Trinajstić information content (AvgIpc) is 3.45. The summed E-state index contributed by atoms with van der Waals surface area (Å²) in [6, 6.07) is 15.5. The Balaban J connectivity index is 1.62. The predicted octanol–water partition coefficient (Wildman–Crippen LogP) is 4.06. The molecule has 2 aromatic carbocycles. The summed E-state index contributed by atoms with van der Waals surface area (Å²) in [6.07, 6.45) is -2.02. The van der Waals surface area contributed by atoms with E-state index in [1.165, 1.54) is 13.2 Å². The molecule has 10 heteroatoms. The van der Waals surface area contributed by atoms with Crippen molar-refractivity contribution in [1.82, 2.24) is 19.9 Å². The number of nitrogens with one attached hydrogen (secondary N) is 2. The summed E-state index contributed by atoms with van der Waals surface area (Å²) in [6.45, 7) is 0.0382. The molecule has 1 amide bonds. The molecule has 2 aromatic heterocycles. The Morgan fingerprint density at radius 3 is 2.47 bits per heavy atom. The van der Waals surface area contributed by atoms with Gasteiger partial charge in [0.25, 0.3) is 0 Å². The van der Waals surface area contributed by atoms with Crippen molar-refractivity contribution in [2.45, 2.75) is 24.1 Å². The first kappa shape index (κ1) is 25.3. The van der Waals surface area contributed by atoms with Crippen molar-refractivity contribution in [3.8, 4) is 0 Å². The number of benzene rings is 2. The van der Waals surface area contributed by atoms with E-state index >= 15 is 0 Å². The van der Waals surface area contributed by atoms with Crippen molar-refractivity contribution in [2.24, 2.45) is 7.05 Å². The first-order valence-corrected chi connectivity index (χ1v) is 11.4. The fourth-order valence-corrected chi connectivity index (χ4v) is 4.38. The Morgan fingerprint density at radius 1 is 1.17 bits per heavy atom. The fourth-order valence-electron chi connectivity index (χ4n) is 4.38. The van der Waals surface area contributed by atoms with Crippen molar-refractivity contribution in [2.75, 3.05) is 25.5 Å². The van der Waals surface area contributed by atoms with Crippen LogP contribution in [-0.2, 0) is 17.4 Å². The number of anilines is 1. The maximum atomic E-state index is 13.9. The minimum atomic E-state index is -5.10. The third-order valence-corrected chi connectivity index (χ3v) is 6.39. The molecule has 2 heterocycles. The van der Waals surface area contributed by atoms with Crippen molar-refractivity contribution >= 4 is 22.5 Å². The number of hydrogen-bond donors (Lipinski definition) is 3. The van der Waals surface area contributed by atoms with Crippen molar-refractivity contribution in [3.63, 3.8) is 0 Å². The average molecular weight is 500 g/mol. The normalized spacial score (nSPS) is 14.4. The van der Waals surface area contributed by atoms with Gasteiger partial charge in [-0.2, -0.15) is 13.2 Å². The van der Waals surface area contributed by atoms with Crippen LogP contribution in [0.5, 0.6) is 0 Å². The fraction of sp³-hybridized carbons (Fsp3) is 0.308. The first-order valence-electron chi connectivity index (χ1n) is 11.4. The molecule has 0 saturated carbocycles. The van der Waals surface area contributed by atoms with Gasteiger partial charge < -0.3 is 24.9 Å². The molecule has 2 atom stereocenters. The molecule has 0 bridgehead atoms. The van der Waals surface area contributed by atoms with Gasteiger partial charge in [0.15, 0.2) is 5.82 Å². The highest BCUT2D eigenvalue weighted by molar-refractivity contribution is 5.84. The number of halogens is 3. The van der Waals surface area contributed by atoms with Gasteiger partial charge >= 0.3 is 6.18 Å². The first-order chi connectivity index (χ1) is 17.0. The van der Waals surface area contributed by atoms with Crippen LogP contribution in [-0.4, -0.2) is 52.4 Å². The second-order valence-corrected chi connectivity index (χ2v) is 9.03. The van der Waals surface area contributed by atoms with Crippen molar-refractivity contribution < 1.29 is 23.1 Å². The topological polar surface area (TPSA) is 86.2 Å². The highest BCUT2D eigenvalue weighted by atomic mass is 19.4. The van der Waals surface area contributed by atoms with E-state index in [1.54, 1.807) is 0 Å². The molecule has 36 heavy (non-hydrogen) atoms. The molecule has 7 nitrogen and oxygen atoms in total. The smallest absolute Gasteiger partial charge is 0.378 e. The number of alkyl halides is 3. The molecule has 0 fully saturated rings. The molecular formula is C26H28F3N5O2. The third kappa shape index (κ3) is 4.81. The molecule has 0 spiro atoms. The molecule has 0 aliphatic rings. The van der Waals surface area contributed by atoms with E-state index in [0.717, 1.165) is 38.5 Å². The second kappa shape index (κ2) is 9.69. The Labute approximate surface area is 206 Å². The highest BCUT2D eigenvalue weighted by Crippen LogP contribution is 2.41. The van der Waals surface area contributed by atoms with Crippen LogP contribution in [0.3, 0.4) is 0 Å². The number of aryl methyl sites for hydroxylation is 1. The largest absolute Gasteiger partial charge is 0.425 e. The molecule has 4 rings (SSSR count). The molecule has 0 radical (unpaired) electrons. The molecule has 0 aliphatic carbocycles. The zero-order valence-electron chi connectivity index (χ0n) is 20.2. The number of hydrogen-bond acceptors (Lipinski definition) is 4. The van der Waals surface area contributed by atoms with E-state index in [4.69, 9.17) is 0 Å². The number of aliphatic hydroxyl groups is 1. The van der Waals surface area contributed by atoms with E-state index in [1.807, 2.05) is 73.7 Å². The summed E-state index contributed by atoms with van der Waals surface area (Å²) >= 11 is 0. The number of rotatable bonds is 8. The summed E-state index contributed by atoms with van der Waals surface area (Å²) in [4.78, 5) is 21.6. The zero-order valence-corrected chi connectivity index (χ0v) is 20.2. The molecule has 0 aliphatic heterocycles. The molecule has 4 aromatic rings. The molecule has 0 saturated heterocycles. The summed E-state index contributed by atoms with van der Waals surface area (Å²) in [5.74, 6) is -1.92. The summed E-state index contributed by atoms with van der Waals surface area (Å²) < 4.78 is 42.7. The third-order valence-electron chi connectivity index (χ3n) is 6.39. The summed E-state index contributed by atoms with van der Waals surface area (Å²) in [5.41, 5.74) is 0.277. The van der Waals surface area contributed by atoms with Gasteiger partial charge in [-0.1, -0.05) is 30.3 Å². The number of amides is 1. The van der Waals surface area contributed by atoms with Crippen LogP contribution in [0, 0.1) is 0 Å². The van der Waals surface area contributed by atoms with Gasteiger partial charge in [0.05, 0.1) is 6.42 Å². The van der Waals surface area contributed by atoms with E-state index in [9.17, 15) is 23.1 Å². The van der Waals surface area contributed by atoms with Gasteiger partial charge in [-0.15, -0.1) is 0 Å². The summed E-state index contributed by atoms with van der Waals surface area (Å²) in [7, 11) is 5.19. The number of carbonyl (C=O) groups excluding carboxylic acids is 1. The molecule has 2 unspecified atom stereocenters. The monoisotopic (exact) mass is 499 g/mol. The maximum absolute atomic E-state index is 13.9. The Bertz CT molecular complexity index is 1340. The van der Waals surface area contributed by atoms with E-state index in [2.05, 4.69) is 15.3 Å². The number of aromatic nitrogens is 3. The van der Waals surface area contributed by atoms with Crippen LogP contribution >= 0.6 is 0 Å². The zero-order chi connectivity index (χ0) is 26.1. The predicted molar refractivity (Wildman–Crippen MR) is 132 cm³/mol. The van der Waals surface area contributed by atoms with Gasteiger partial charge in [0.2, 0.25) is 11.5 Å². The lowest BCUT2D eigenvalue weighted by Crippen LogP contribution is -2.48. The molecule has 190 valence electrons. The maximum Gasteiger partial charge on any atom is 0.425 e. The lowest BCUT2D eigenvalue weighted by atomic mass is 9.90. The van der Waals surface area contributed by atoms with E-state index in [0.29, 0.717) is 0 Å². The summed E-state index contributed by atoms with van der Waals surface area (Å²) in [5, 5.41) is 14.1. The van der Waals surface area contributed by atoms with Gasteiger partial charge in [0, 0.05) is 68.8 Å². The van der Waals surface area contributed by atoms with E-state index < -0.39 is 29.9 Å². The minimum absolute atomic E-state index is 0.0382. The highest BCUT2D eigenvalue weighted by Gasteiger charge is 2.58. The van der Waals surface area contributed by atoms with Gasteiger partial charge in [-0.05, 0) is 29.3 Å². The van der Waals surface area contributed by atoms with Crippen LogP contribution in [0.4, 0.5) is 18.9 Å². The second-order valence-electron chi connectivity index (χ2n) is 9.03. The van der Waals surface area contributed by atoms with Crippen LogP contribution in [0.25, 0.3) is 10.9 Å². The number of imidazole rings is 1. The van der Waals surface area contributed by atoms with E-state index in [-0.39, 0.29) is 12.5 Å². The number of fused-ring (bicyclic) bond motifs is 1. The van der Waals surface area contributed by atoms with Crippen molar-refractivity contribution in [3.05, 3.63) is 84.1 Å². The van der Waals surface area contributed by atoms with Crippen LogP contribution in [0.2, 0.25) is 0 Å². The number of carbonyl (C=O) groups is 1. The van der Waals surface area contributed by atoms with Gasteiger partial charge in [-0.3, -0.25) is 4.79 Å². The lowest BCUT2D eigenvalue weighted by Gasteiger charge is -2.29. The number of H-pyrrole nitrogens is 1. The SMILES string of the molecule is CN(C)c1ccc(C(CNC(=O)CC(O)(c2nccn2C)C(F)(F)F)c2c[nH]c3ccccc23)cc1. The number of para-hydroxylation sites is 1. The Hall–Kier alpha value is -3.79. The van der Waals surface area contributed by atoms with Crippen LogP contribution < -0.4 is 10.2 Å². The molecular weight excluding hydrogens is 471 g/mol. The quantitative estimate of drug-likeness (QED) is 0.341. The van der Waals surface area contributed by atoms with Gasteiger partial charge in [-0.25, -0.2) is 4.98 Å². The molecule has 3 N–H and O–H groups in total. The van der Waals surface area contributed by atoms with Gasteiger partial charge in [0.1, 0.15) is 0 Å². The number of nitrogens with zero attached hydrogens (tertiary/aromatic N) is 3. The van der Waals surface area contributed by atoms with Crippen LogP contribution in [0.1, 0.15) is 29.3 Å². The Kier molecular flexibility index (Phi) is 6.81. The minimum Gasteiger partial charge on any atom is -0.378 e. The lowest BCUT2D eigenvalue weighted by molar-refractivity contribution is -0.271. The van der Waals surface area contributed by atoms with Crippen LogP contribution in [0.15, 0.2) is 67.1 Å².